The average Bonchev–Trinajstić information content (AvgIpc) is 3.03. The summed E-state index contributed by atoms with van der Waals surface area (Å²) in [6.07, 6.45) is 1.75. The van der Waals surface area contributed by atoms with Gasteiger partial charge in [-0.3, -0.25) is 4.79 Å². The molecule has 0 aliphatic carbocycles. The highest BCUT2D eigenvalue weighted by molar-refractivity contribution is 7.16. The van der Waals surface area contributed by atoms with Gasteiger partial charge in [-0.2, -0.15) is 9.61 Å². The van der Waals surface area contributed by atoms with Gasteiger partial charge in [0, 0.05) is 12.5 Å². The zero-order chi connectivity index (χ0) is 17.8. The molecule has 0 aliphatic rings. The van der Waals surface area contributed by atoms with Crippen LogP contribution in [0.3, 0.4) is 0 Å². The summed E-state index contributed by atoms with van der Waals surface area (Å²) in [6, 6.07) is 7.93. The molecule has 0 aliphatic heterocycles. The summed E-state index contributed by atoms with van der Waals surface area (Å²) >= 11 is 1.37. The molecule has 8 heteroatoms. The van der Waals surface area contributed by atoms with E-state index in [9.17, 15) is 9.59 Å². The largest absolute Gasteiger partial charge is 0.497 e. The monoisotopic (exact) mass is 359 g/mol. The third kappa shape index (κ3) is 3.85. The number of nitrogens with zero attached hydrogens (tertiary/aromatic N) is 3. The number of aryl methyl sites for hydroxylation is 1. The molecule has 1 aromatic carbocycles. The number of carbonyl (C=O) groups is 1. The van der Waals surface area contributed by atoms with Crippen LogP contribution in [0.5, 0.6) is 5.75 Å². The maximum atomic E-state index is 12.1. The van der Waals surface area contributed by atoms with Crippen LogP contribution in [0.2, 0.25) is 0 Å². The quantitative estimate of drug-likeness (QED) is 0.629. The standard InChI is InChI=1S/C17H17N3O4S/c1-3-4-14-19-20-15(21)9-12(18-17(20)25-14)10-24-16(22)11-5-7-13(23-2)8-6-11/h5-9H,3-4,10H2,1-2H3. The molecule has 0 atom stereocenters. The molecule has 2 heterocycles. The minimum atomic E-state index is -0.486. The molecule has 0 amide bonds. The second-order valence-electron chi connectivity index (χ2n) is 5.33. The summed E-state index contributed by atoms with van der Waals surface area (Å²) in [5.74, 6) is 0.172. The molecular weight excluding hydrogens is 342 g/mol. The number of methoxy groups -OCH3 is 1. The fourth-order valence-corrected chi connectivity index (χ4v) is 3.25. The van der Waals surface area contributed by atoms with Crippen molar-refractivity contribution < 1.29 is 14.3 Å². The Balaban J connectivity index is 1.73. The Bertz CT molecular complexity index is 947. The van der Waals surface area contributed by atoms with Crippen molar-refractivity contribution in [2.75, 3.05) is 7.11 Å². The van der Waals surface area contributed by atoms with Crippen molar-refractivity contribution in [2.45, 2.75) is 26.4 Å². The molecule has 130 valence electrons. The van der Waals surface area contributed by atoms with E-state index in [2.05, 4.69) is 10.1 Å². The smallest absolute Gasteiger partial charge is 0.338 e. The molecule has 0 fully saturated rings. The number of ether oxygens (including phenoxy) is 2. The second kappa shape index (κ2) is 7.43. The Morgan fingerprint density at radius 2 is 2.04 bits per heavy atom. The molecule has 2 aromatic heterocycles. The van der Waals surface area contributed by atoms with E-state index in [0.29, 0.717) is 22.0 Å². The summed E-state index contributed by atoms with van der Waals surface area (Å²) in [6.45, 7) is 1.98. The van der Waals surface area contributed by atoms with Gasteiger partial charge in [0.25, 0.3) is 5.56 Å². The highest BCUT2D eigenvalue weighted by Gasteiger charge is 2.11. The molecule has 3 aromatic rings. The van der Waals surface area contributed by atoms with E-state index in [-0.39, 0.29) is 12.2 Å². The Morgan fingerprint density at radius 1 is 1.28 bits per heavy atom. The number of rotatable bonds is 6. The van der Waals surface area contributed by atoms with Crippen LogP contribution in [0.1, 0.15) is 34.4 Å². The van der Waals surface area contributed by atoms with Gasteiger partial charge in [0.15, 0.2) is 0 Å². The summed E-state index contributed by atoms with van der Waals surface area (Å²) in [7, 11) is 1.55. The van der Waals surface area contributed by atoms with Crippen LogP contribution in [-0.4, -0.2) is 27.7 Å². The molecule has 0 radical (unpaired) electrons. The summed E-state index contributed by atoms with van der Waals surface area (Å²) in [5.41, 5.74) is 0.527. The third-order valence-electron chi connectivity index (χ3n) is 3.48. The van der Waals surface area contributed by atoms with Gasteiger partial charge in [0.1, 0.15) is 17.4 Å². The van der Waals surface area contributed by atoms with Crippen LogP contribution >= 0.6 is 11.3 Å². The summed E-state index contributed by atoms with van der Waals surface area (Å²) in [4.78, 5) is 29.0. The number of hydrogen-bond donors (Lipinski definition) is 0. The van der Waals surface area contributed by atoms with Crippen molar-refractivity contribution >= 4 is 22.3 Å². The highest BCUT2D eigenvalue weighted by Crippen LogP contribution is 2.15. The SMILES string of the molecule is CCCc1nn2c(=O)cc(COC(=O)c3ccc(OC)cc3)nc2s1. The summed E-state index contributed by atoms with van der Waals surface area (Å²) in [5, 5.41) is 5.10. The van der Waals surface area contributed by atoms with Gasteiger partial charge in [-0.25, -0.2) is 9.78 Å². The number of esters is 1. The first-order valence-corrected chi connectivity index (χ1v) is 8.62. The number of carbonyl (C=O) groups excluding carboxylic acids is 1. The highest BCUT2D eigenvalue weighted by atomic mass is 32.1. The molecule has 0 unspecified atom stereocenters. The van der Waals surface area contributed by atoms with Crippen LogP contribution in [-0.2, 0) is 17.8 Å². The molecule has 0 spiro atoms. The predicted octanol–water partition coefficient (Wildman–Crippen LogP) is 2.47. The van der Waals surface area contributed by atoms with Gasteiger partial charge < -0.3 is 9.47 Å². The van der Waals surface area contributed by atoms with E-state index in [1.54, 1.807) is 31.4 Å². The molecule has 25 heavy (non-hydrogen) atoms. The first kappa shape index (κ1) is 17.1. The Labute approximate surface area is 147 Å². The van der Waals surface area contributed by atoms with Crippen molar-refractivity contribution in [2.24, 2.45) is 0 Å². The Hall–Kier alpha value is -2.74. The van der Waals surface area contributed by atoms with E-state index in [1.807, 2.05) is 6.92 Å². The van der Waals surface area contributed by atoms with Crippen LogP contribution in [0.25, 0.3) is 4.96 Å². The van der Waals surface area contributed by atoms with Gasteiger partial charge in [-0.05, 0) is 30.7 Å². The van der Waals surface area contributed by atoms with E-state index in [4.69, 9.17) is 9.47 Å². The van der Waals surface area contributed by atoms with Gasteiger partial charge in [0.2, 0.25) is 4.96 Å². The maximum absolute atomic E-state index is 12.1. The lowest BCUT2D eigenvalue weighted by Crippen LogP contribution is -2.16. The van der Waals surface area contributed by atoms with Crippen molar-refractivity contribution in [1.29, 1.82) is 0 Å². The molecule has 0 saturated carbocycles. The van der Waals surface area contributed by atoms with Crippen LogP contribution in [0.15, 0.2) is 35.1 Å². The zero-order valence-electron chi connectivity index (χ0n) is 13.9. The minimum absolute atomic E-state index is 0.0718. The van der Waals surface area contributed by atoms with Crippen molar-refractivity contribution in [3.05, 3.63) is 57.0 Å². The fourth-order valence-electron chi connectivity index (χ4n) is 2.23. The van der Waals surface area contributed by atoms with Gasteiger partial charge >= 0.3 is 5.97 Å². The van der Waals surface area contributed by atoms with E-state index in [0.717, 1.165) is 17.8 Å². The molecule has 7 nitrogen and oxygen atoms in total. The van der Waals surface area contributed by atoms with E-state index in [1.165, 1.54) is 21.9 Å². The lowest BCUT2D eigenvalue weighted by molar-refractivity contribution is 0.0467. The predicted molar refractivity (Wildman–Crippen MR) is 93.2 cm³/mol. The normalized spacial score (nSPS) is 10.8. The minimum Gasteiger partial charge on any atom is -0.497 e. The van der Waals surface area contributed by atoms with E-state index < -0.39 is 5.97 Å². The first-order valence-electron chi connectivity index (χ1n) is 7.80. The lowest BCUT2D eigenvalue weighted by Gasteiger charge is -2.05. The fraction of sp³-hybridized carbons (Fsp3) is 0.294. The van der Waals surface area contributed by atoms with Crippen LogP contribution in [0, 0.1) is 0 Å². The van der Waals surface area contributed by atoms with Gasteiger partial charge in [-0.15, -0.1) is 0 Å². The van der Waals surface area contributed by atoms with Gasteiger partial charge in [-0.1, -0.05) is 18.3 Å². The molecule has 0 N–H and O–H groups in total. The third-order valence-corrected chi connectivity index (χ3v) is 4.45. The number of aromatic nitrogens is 3. The average molecular weight is 359 g/mol. The van der Waals surface area contributed by atoms with Crippen molar-refractivity contribution in [3.8, 4) is 5.75 Å². The Morgan fingerprint density at radius 3 is 2.72 bits per heavy atom. The van der Waals surface area contributed by atoms with Crippen LogP contribution < -0.4 is 10.3 Å². The molecule has 0 saturated heterocycles. The number of benzene rings is 1. The van der Waals surface area contributed by atoms with Crippen molar-refractivity contribution in [3.63, 3.8) is 0 Å². The molecule has 3 rings (SSSR count). The maximum Gasteiger partial charge on any atom is 0.338 e. The van der Waals surface area contributed by atoms with Gasteiger partial charge in [0.05, 0.1) is 18.4 Å². The number of fused-ring (bicyclic) bond motifs is 1. The first-order chi connectivity index (χ1) is 12.1. The van der Waals surface area contributed by atoms with Crippen LogP contribution in [0.4, 0.5) is 0 Å². The molecular formula is C17H17N3O4S. The number of hydrogen-bond acceptors (Lipinski definition) is 7. The van der Waals surface area contributed by atoms with E-state index >= 15 is 0 Å². The second-order valence-corrected chi connectivity index (χ2v) is 6.37. The topological polar surface area (TPSA) is 82.8 Å². The lowest BCUT2D eigenvalue weighted by atomic mass is 10.2. The van der Waals surface area contributed by atoms with Crippen molar-refractivity contribution in [1.82, 2.24) is 14.6 Å². The summed E-state index contributed by atoms with van der Waals surface area (Å²) < 4.78 is 11.6. The Kier molecular flexibility index (Phi) is 5.08. The zero-order valence-corrected chi connectivity index (χ0v) is 14.7. The molecule has 0 bridgehead atoms.